The molecular formula is C11H17NO. The molecule has 0 aromatic heterocycles. The molecule has 1 saturated heterocycles. The van der Waals surface area contributed by atoms with E-state index in [1.165, 1.54) is 5.57 Å². The fourth-order valence-electron chi connectivity index (χ4n) is 2.55. The van der Waals surface area contributed by atoms with Crippen LogP contribution in [0.3, 0.4) is 0 Å². The zero-order chi connectivity index (χ0) is 9.42. The normalized spacial score (nSPS) is 39.7. The van der Waals surface area contributed by atoms with Gasteiger partial charge in [-0.2, -0.15) is 0 Å². The van der Waals surface area contributed by atoms with Crippen molar-refractivity contribution in [3.63, 3.8) is 0 Å². The average Bonchev–Trinajstić information content (AvgIpc) is 2.12. The van der Waals surface area contributed by atoms with Crippen molar-refractivity contribution < 1.29 is 4.79 Å². The molecule has 0 amide bonds. The topological polar surface area (TPSA) is 29.1 Å². The third-order valence-corrected chi connectivity index (χ3v) is 3.37. The number of nitrogens with one attached hydrogen (secondary N) is 1. The van der Waals surface area contributed by atoms with Crippen molar-refractivity contribution in [2.24, 2.45) is 11.8 Å². The molecule has 0 bridgehead atoms. The van der Waals surface area contributed by atoms with Gasteiger partial charge in [-0.05, 0) is 19.3 Å². The van der Waals surface area contributed by atoms with E-state index >= 15 is 0 Å². The van der Waals surface area contributed by atoms with E-state index < -0.39 is 0 Å². The van der Waals surface area contributed by atoms with Gasteiger partial charge in [-0.15, -0.1) is 0 Å². The maximum atomic E-state index is 11.7. The molecule has 1 N–H and O–H groups in total. The molecule has 3 atom stereocenters. The third-order valence-electron chi connectivity index (χ3n) is 3.37. The lowest BCUT2D eigenvalue weighted by Crippen LogP contribution is -2.51. The van der Waals surface area contributed by atoms with Gasteiger partial charge in [0.1, 0.15) is 5.78 Å². The summed E-state index contributed by atoms with van der Waals surface area (Å²) in [6, 6.07) is 0.409. The summed E-state index contributed by atoms with van der Waals surface area (Å²) in [6.07, 6.45) is 4.06. The van der Waals surface area contributed by atoms with Crippen LogP contribution in [0.2, 0.25) is 0 Å². The Kier molecular flexibility index (Phi) is 2.24. The standard InChI is InChI=1S/C11H17NO/c1-7-3-4-8(2)11-10(7)9(13)5-6-12-11/h3,8,10-12H,4-6H2,1-2H3/t8-,10?,11-/m1/s1. The van der Waals surface area contributed by atoms with Crippen LogP contribution in [0, 0.1) is 11.8 Å². The Morgan fingerprint density at radius 2 is 2.31 bits per heavy atom. The summed E-state index contributed by atoms with van der Waals surface area (Å²) in [7, 11) is 0. The van der Waals surface area contributed by atoms with Gasteiger partial charge in [0.25, 0.3) is 0 Å². The van der Waals surface area contributed by atoms with Crippen LogP contribution in [0.25, 0.3) is 0 Å². The highest BCUT2D eigenvalue weighted by molar-refractivity contribution is 5.85. The minimum absolute atomic E-state index is 0.178. The second-order valence-electron chi connectivity index (χ2n) is 4.34. The zero-order valence-corrected chi connectivity index (χ0v) is 8.34. The summed E-state index contributed by atoms with van der Waals surface area (Å²) in [5.74, 6) is 1.22. The second kappa shape index (κ2) is 3.26. The third kappa shape index (κ3) is 1.44. The predicted molar refractivity (Wildman–Crippen MR) is 52.4 cm³/mol. The van der Waals surface area contributed by atoms with Gasteiger partial charge in [0, 0.05) is 19.0 Å². The van der Waals surface area contributed by atoms with E-state index in [2.05, 4.69) is 25.2 Å². The van der Waals surface area contributed by atoms with Crippen molar-refractivity contribution in [2.75, 3.05) is 6.54 Å². The molecule has 0 aromatic carbocycles. The van der Waals surface area contributed by atoms with E-state index in [0.29, 0.717) is 24.2 Å². The van der Waals surface area contributed by atoms with Gasteiger partial charge in [0.05, 0.1) is 5.92 Å². The Labute approximate surface area is 79.4 Å². The number of fused-ring (bicyclic) bond motifs is 1. The number of ketones is 1. The van der Waals surface area contributed by atoms with Gasteiger partial charge in [-0.25, -0.2) is 0 Å². The lowest BCUT2D eigenvalue weighted by atomic mass is 9.73. The van der Waals surface area contributed by atoms with Crippen LogP contribution in [0.1, 0.15) is 26.7 Å². The minimum Gasteiger partial charge on any atom is -0.312 e. The number of carbonyl (C=O) groups excluding carboxylic acids is 1. The molecular weight excluding hydrogens is 162 g/mol. The lowest BCUT2D eigenvalue weighted by molar-refractivity contribution is -0.124. The van der Waals surface area contributed by atoms with Crippen LogP contribution in [-0.4, -0.2) is 18.4 Å². The van der Waals surface area contributed by atoms with Gasteiger partial charge in [0.2, 0.25) is 0 Å². The van der Waals surface area contributed by atoms with Crippen LogP contribution in [0.4, 0.5) is 0 Å². The number of hydrogen-bond acceptors (Lipinski definition) is 2. The molecule has 0 radical (unpaired) electrons. The molecule has 0 aromatic rings. The number of piperidine rings is 1. The number of Topliss-reactive ketones (excluding diaryl/α,β-unsaturated/α-hetero) is 1. The highest BCUT2D eigenvalue weighted by Crippen LogP contribution is 2.32. The van der Waals surface area contributed by atoms with Gasteiger partial charge in [-0.1, -0.05) is 18.6 Å². The Morgan fingerprint density at radius 3 is 3.00 bits per heavy atom. The monoisotopic (exact) mass is 179 g/mol. The summed E-state index contributed by atoms with van der Waals surface area (Å²) in [4.78, 5) is 11.7. The first-order chi connectivity index (χ1) is 6.20. The lowest BCUT2D eigenvalue weighted by Gasteiger charge is -2.39. The number of carbonyl (C=O) groups is 1. The molecule has 2 aliphatic rings. The van der Waals surface area contributed by atoms with E-state index in [1.807, 2.05) is 0 Å². The van der Waals surface area contributed by atoms with Crippen molar-refractivity contribution in [1.82, 2.24) is 5.32 Å². The molecule has 1 heterocycles. The van der Waals surface area contributed by atoms with E-state index in [0.717, 1.165) is 13.0 Å². The molecule has 72 valence electrons. The second-order valence-corrected chi connectivity index (χ2v) is 4.34. The van der Waals surface area contributed by atoms with Gasteiger partial charge < -0.3 is 5.32 Å². The smallest absolute Gasteiger partial charge is 0.142 e. The predicted octanol–water partition coefficient (Wildman–Crippen LogP) is 1.52. The highest BCUT2D eigenvalue weighted by Gasteiger charge is 2.37. The van der Waals surface area contributed by atoms with Crippen LogP contribution >= 0.6 is 0 Å². The highest BCUT2D eigenvalue weighted by atomic mass is 16.1. The molecule has 1 fully saturated rings. The van der Waals surface area contributed by atoms with Crippen LogP contribution in [-0.2, 0) is 4.79 Å². The molecule has 13 heavy (non-hydrogen) atoms. The van der Waals surface area contributed by atoms with Crippen LogP contribution < -0.4 is 5.32 Å². The first-order valence-corrected chi connectivity index (χ1v) is 5.13. The van der Waals surface area contributed by atoms with E-state index in [-0.39, 0.29) is 5.92 Å². The summed E-state index contributed by atoms with van der Waals surface area (Å²) in [5, 5.41) is 3.47. The largest absolute Gasteiger partial charge is 0.312 e. The Balaban J connectivity index is 2.27. The Bertz CT molecular complexity index is 257. The minimum atomic E-state index is 0.178. The summed E-state index contributed by atoms with van der Waals surface area (Å²) in [6.45, 7) is 5.19. The van der Waals surface area contributed by atoms with Crippen molar-refractivity contribution in [3.05, 3.63) is 11.6 Å². The zero-order valence-electron chi connectivity index (χ0n) is 8.34. The van der Waals surface area contributed by atoms with E-state index in [1.54, 1.807) is 0 Å². The fourth-order valence-corrected chi connectivity index (χ4v) is 2.55. The summed E-state index contributed by atoms with van der Waals surface area (Å²) >= 11 is 0. The number of hydrogen-bond donors (Lipinski definition) is 1. The first-order valence-electron chi connectivity index (χ1n) is 5.13. The van der Waals surface area contributed by atoms with Gasteiger partial charge >= 0.3 is 0 Å². The Hall–Kier alpha value is -0.630. The van der Waals surface area contributed by atoms with Crippen LogP contribution in [0.15, 0.2) is 11.6 Å². The molecule has 0 spiro atoms. The number of rotatable bonds is 0. The fraction of sp³-hybridized carbons (Fsp3) is 0.727. The van der Waals surface area contributed by atoms with Crippen molar-refractivity contribution in [2.45, 2.75) is 32.7 Å². The number of allylic oxidation sites excluding steroid dienone is 1. The van der Waals surface area contributed by atoms with Crippen LogP contribution in [0.5, 0.6) is 0 Å². The average molecular weight is 179 g/mol. The first kappa shape index (κ1) is 8.95. The van der Waals surface area contributed by atoms with Crippen molar-refractivity contribution in [1.29, 1.82) is 0 Å². The maximum absolute atomic E-state index is 11.7. The van der Waals surface area contributed by atoms with E-state index in [4.69, 9.17) is 0 Å². The van der Waals surface area contributed by atoms with Crippen molar-refractivity contribution >= 4 is 5.78 Å². The molecule has 2 heteroatoms. The molecule has 1 unspecified atom stereocenters. The van der Waals surface area contributed by atoms with Gasteiger partial charge in [0.15, 0.2) is 0 Å². The SMILES string of the molecule is CC1=CC[C@@H](C)[C@H]2NCCC(=O)C12. The molecule has 0 saturated carbocycles. The summed E-state index contributed by atoms with van der Waals surface area (Å²) in [5.41, 5.74) is 1.28. The summed E-state index contributed by atoms with van der Waals surface area (Å²) < 4.78 is 0. The molecule has 2 rings (SSSR count). The molecule has 2 nitrogen and oxygen atoms in total. The van der Waals surface area contributed by atoms with E-state index in [9.17, 15) is 4.79 Å². The molecule has 1 aliphatic heterocycles. The quantitative estimate of drug-likeness (QED) is 0.571. The Morgan fingerprint density at radius 1 is 1.54 bits per heavy atom. The van der Waals surface area contributed by atoms with Gasteiger partial charge in [-0.3, -0.25) is 4.79 Å². The van der Waals surface area contributed by atoms with Crippen molar-refractivity contribution in [3.8, 4) is 0 Å². The molecule has 1 aliphatic carbocycles. The maximum Gasteiger partial charge on any atom is 0.142 e.